The fourth-order valence-corrected chi connectivity index (χ4v) is 5.92. The molecule has 2 heterocycles. The molecule has 1 amide bonds. The van der Waals surface area contributed by atoms with E-state index in [0.29, 0.717) is 31.8 Å². The second-order valence-electron chi connectivity index (χ2n) is 11.1. The molecular weight excluding hydrogens is 493 g/mol. The Labute approximate surface area is 223 Å². The highest BCUT2D eigenvalue weighted by molar-refractivity contribution is 5.79. The number of benzene rings is 1. The molecule has 38 heavy (non-hydrogen) atoms. The molecule has 3 atom stereocenters. The van der Waals surface area contributed by atoms with Crippen LogP contribution in [0.3, 0.4) is 0 Å². The molecule has 1 aliphatic carbocycles. The molecule has 0 bridgehead atoms. The summed E-state index contributed by atoms with van der Waals surface area (Å²) in [6.45, 7) is 6.78. The van der Waals surface area contributed by atoms with Crippen molar-refractivity contribution in [2.75, 3.05) is 45.7 Å². The van der Waals surface area contributed by atoms with Gasteiger partial charge >= 0.3 is 6.18 Å². The number of hydrogen-bond acceptors (Lipinski definition) is 5. The quantitative estimate of drug-likeness (QED) is 0.506. The molecule has 208 valence electrons. The number of anilines is 1. The van der Waals surface area contributed by atoms with Gasteiger partial charge in [-0.3, -0.25) is 9.78 Å². The minimum Gasteiger partial charge on any atom is -0.383 e. The first-order valence-electron chi connectivity index (χ1n) is 13.4. The van der Waals surface area contributed by atoms with Gasteiger partial charge in [0.05, 0.1) is 30.1 Å². The van der Waals surface area contributed by atoms with Crippen molar-refractivity contribution in [3.05, 3.63) is 59.4 Å². The van der Waals surface area contributed by atoms with Gasteiger partial charge in [0.1, 0.15) is 0 Å². The molecule has 6 nitrogen and oxygen atoms in total. The van der Waals surface area contributed by atoms with Gasteiger partial charge < -0.3 is 19.9 Å². The zero-order valence-electron chi connectivity index (χ0n) is 22.7. The summed E-state index contributed by atoms with van der Waals surface area (Å²) >= 11 is 0. The first-order valence-corrected chi connectivity index (χ1v) is 13.4. The van der Waals surface area contributed by atoms with Crippen molar-refractivity contribution in [3.63, 3.8) is 0 Å². The number of carbonyl (C=O) groups is 1. The topological polar surface area (TPSA) is 57.7 Å². The summed E-state index contributed by atoms with van der Waals surface area (Å²) in [5.74, 6) is -0.984. The number of methoxy groups -OCH3 is 1. The van der Waals surface area contributed by atoms with Crippen LogP contribution in [0.25, 0.3) is 0 Å². The van der Waals surface area contributed by atoms with Crippen molar-refractivity contribution in [2.45, 2.75) is 63.2 Å². The normalized spacial score (nSPS) is 22.4. The Morgan fingerprint density at radius 2 is 2.00 bits per heavy atom. The van der Waals surface area contributed by atoms with Crippen LogP contribution in [0.15, 0.2) is 42.6 Å². The maximum atomic E-state index is 14.3. The van der Waals surface area contributed by atoms with E-state index in [1.165, 1.54) is 30.4 Å². The molecule has 0 radical (unpaired) electrons. The Morgan fingerprint density at radius 3 is 2.66 bits per heavy atom. The number of likely N-dealkylation sites (tertiary alicyclic amines) is 1. The number of fused-ring (bicyclic) bond motifs is 1. The third kappa shape index (κ3) is 6.15. The van der Waals surface area contributed by atoms with Crippen LogP contribution in [-0.4, -0.2) is 73.3 Å². The van der Waals surface area contributed by atoms with Gasteiger partial charge in [-0.05, 0) is 49.1 Å². The van der Waals surface area contributed by atoms with Gasteiger partial charge in [0.2, 0.25) is 5.91 Å². The Hall–Kier alpha value is -2.65. The van der Waals surface area contributed by atoms with Gasteiger partial charge in [-0.15, -0.1) is 0 Å². The minimum atomic E-state index is -4.65. The first kappa shape index (κ1) is 28.4. The number of nitrogens with one attached hydrogen (secondary N) is 1. The van der Waals surface area contributed by atoms with Crippen LogP contribution in [0.2, 0.25) is 0 Å². The SMILES string of the molecule is COCCN1CCCCC(C(=O)N(C)[C@@H](c2ccc(NC3Cc4ccccc4C3(C)C)cn2)C(F)(F)F)C1. The third-order valence-corrected chi connectivity index (χ3v) is 8.18. The minimum absolute atomic E-state index is 0.0894. The Balaban J connectivity index is 1.48. The van der Waals surface area contributed by atoms with E-state index < -0.39 is 24.0 Å². The van der Waals surface area contributed by atoms with E-state index in [0.717, 1.165) is 30.7 Å². The summed E-state index contributed by atoms with van der Waals surface area (Å²) in [6.07, 6.45) is -0.0715. The predicted molar refractivity (Wildman–Crippen MR) is 142 cm³/mol. The van der Waals surface area contributed by atoms with Gasteiger partial charge in [-0.25, -0.2) is 0 Å². The van der Waals surface area contributed by atoms with E-state index in [1.54, 1.807) is 13.2 Å². The fourth-order valence-electron chi connectivity index (χ4n) is 5.92. The zero-order valence-corrected chi connectivity index (χ0v) is 22.7. The van der Waals surface area contributed by atoms with Crippen LogP contribution in [-0.2, 0) is 21.4 Å². The summed E-state index contributed by atoms with van der Waals surface area (Å²) in [5, 5.41) is 3.48. The Kier molecular flexibility index (Phi) is 8.67. The molecule has 1 aliphatic heterocycles. The van der Waals surface area contributed by atoms with Gasteiger partial charge in [0.15, 0.2) is 6.04 Å². The average molecular weight is 533 g/mol. The maximum absolute atomic E-state index is 14.3. The van der Waals surface area contributed by atoms with Crippen LogP contribution >= 0.6 is 0 Å². The molecule has 2 unspecified atom stereocenters. The molecule has 9 heteroatoms. The van der Waals surface area contributed by atoms with Crippen LogP contribution in [0, 0.1) is 5.92 Å². The largest absolute Gasteiger partial charge is 0.414 e. The lowest BCUT2D eigenvalue weighted by molar-refractivity contribution is -0.191. The van der Waals surface area contributed by atoms with E-state index in [9.17, 15) is 18.0 Å². The Bertz CT molecular complexity index is 1090. The summed E-state index contributed by atoms with van der Waals surface area (Å²) in [5.41, 5.74) is 2.89. The van der Waals surface area contributed by atoms with Gasteiger partial charge in [-0.2, -0.15) is 13.2 Å². The smallest absolute Gasteiger partial charge is 0.383 e. The molecule has 0 spiro atoms. The second kappa shape index (κ2) is 11.6. The number of aromatic nitrogens is 1. The highest BCUT2D eigenvalue weighted by Crippen LogP contribution is 2.41. The third-order valence-electron chi connectivity index (χ3n) is 8.18. The fraction of sp³-hybridized carbons (Fsp3) is 0.586. The molecule has 4 rings (SSSR count). The summed E-state index contributed by atoms with van der Waals surface area (Å²) < 4.78 is 48.1. The number of amides is 1. The van der Waals surface area contributed by atoms with Crippen molar-refractivity contribution in [1.29, 1.82) is 0 Å². The van der Waals surface area contributed by atoms with E-state index in [4.69, 9.17) is 4.74 Å². The van der Waals surface area contributed by atoms with Crippen LogP contribution in [0.1, 0.15) is 56.0 Å². The predicted octanol–water partition coefficient (Wildman–Crippen LogP) is 5.21. The number of hydrogen-bond donors (Lipinski definition) is 1. The van der Waals surface area contributed by atoms with E-state index in [-0.39, 0.29) is 17.2 Å². The number of alkyl halides is 3. The van der Waals surface area contributed by atoms with Crippen molar-refractivity contribution < 1.29 is 22.7 Å². The van der Waals surface area contributed by atoms with Crippen molar-refractivity contribution in [1.82, 2.24) is 14.8 Å². The van der Waals surface area contributed by atoms with Gasteiger partial charge in [0.25, 0.3) is 0 Å². The first-order chi connectivity index (χ1) is 18.0. The number of rotatable bonds is 8. The van der Waals surface area contributed by atoms with E-state index in [2.05, 4.69) is 41.2 Å². The standard InChI is InChI=1S/C29H39F3N4O2/c1-28(2)23-11-6-5-9-20(23)17-25(28)34-22-12-13-24(33-18-22)26(29(30,31)32)35(3)27(37)21-10-7-8-14-36(19-21)15-16-38-4/h5-6,9,11-13,18,21,25-26,34H,7-8,10,14-17,19H2,1-4H3/t21?,25?,26-/m0/s1. The number of ether oxygens (including phenoxy) is 1. The number of carbonyl (C=O) groups excluding carboxylic acids is 1. The van der Waals surface area contributed by atoms with Crippen molar-refractivity contribution in [3.8, 4) is 0 Å². The van der Waals surface area contributed by atoms with Crippen molar-refractivity contribution in [2.24, 2.45) is 5.92 Å². The van der Waals surface area contributed by atoms with Gasteiger partial charge in [0, 0.05) is 38.7 Å². The average Bonchev–Trinajstić information content (AvgIpc) is 3.01. The van der Waals surface area contributed by atoms with Crippen LogP contribution < -0.4 is 5.32 Å². The van der Waals surface area contributed by atoms with Gasteiger partial charge in [-0.1, -0.05) is 44.5 Å². The Morgan fingerprint density at radius 1 is 1.24 bits per heavy atom. The molecular formula is C29H39F3N4O2. The monoisotopic (exact) mass is 532 g/mol. The van der Waals surface area contributed by atoms with Crippen molar-refractivity contribution >= 4 is 11.6 Å². The molecule has 1 saturated heterocycles. The second-order valence-corrected chi connectivity index (χ2v) is 11.1. The van der Waals surface area contributed by atoms with E-state index in [1.807, 2.05) is 12.1 Å². The molecule has 1 aromatic carbocycles. The summed E-state index contributed by atoms with van der Waals surface area (Å²) in [6, 6.07) is 9.30. The van der Waals surface area contributed by atoms with Crippen LogP contribution in [0.4, 0.5) is 18.9 Å². The molecule has 2 aliphatic rings. The highest BCUT2D eigenvalue weighted by Gasteiger charge is 2.47. The highest BCUT2D eigenvalue weighted by atomic mass is 19.4. The molecule has 1 N–H and O–H groups in total. The lowest BCUT2D eigenvalue weighted by Crippen LogP contribution is -2.45. The summed E-state index contributed by atoms with van der Waals surface area (Å²) in [7, 11) is 2.86. The molecule has 0 saturated carbocycles. The number of pyridine rings is 1. The number of halogens is 3. The molecule has 1 aromatic heterocycles. The van der Waals surface area contributed by atoms with E-state index >= 15 is 0 Å². The molecule has 1 fully saturated rings. The molecule has 2 aromatic rings. The van der Waals surface area contributed by atoms with Crippen LogP contribution in [0.5, 0.6) is 0 Å². The number of nitrogens with zero attached hydrogens (tertiary/aromatic N) is 3. The lowest BCUT2D eigenvalue weighted by atomic mass is 9.83. The zero-order chi connectivity index (χ0) is 27.5. The summed E-state index contributed by atoms with van der Waals surface area (Å²) in [4.78, 5) is 20.5. The lowest BCUT2D eigenvalue weighted by Gasteiger charge is -2.33. The maximum Gasteiger partial charge on any atom is 0.414 e.